The van der Waals surface area contributed by atoms with Gasteiger partial charge in [-0.25, -0.2) is 4.79 Å². The SMILES string of the molecule is C=CCC1=C(c2cnn(CC(C)C)c2)C[C@H]([C@@H](C)[C@H]2CC[C@H]3[C@@H]4CC=C5C[C@@H](OC(C)=O)CC[C@]5(C)[C@H]4CC[C@]23C)OC1=O. The molecule has 44 heavy (non-hydrogen) atoms. The molecule has 6 nitrogen and oxygen atoms in total. The first-order valence-corrected chi connectivity index (χ1v) is 17.4. The Labute approximate surface area is 264 Å². The standard InChI is InChI=1S/C38H54N2O4/c1-8-9-29-31(26-20-39-40(22-26)21-23(2)3)19-35(44-36(29)42)24(4)32-12-13-33-30-11-10-27-18-28(43-25(5)41)14-16-37(27,6)34(30)15-17-38(32,33)7/h8,10,20,22-24,28,30,32-35H,1,9,11-19,21H2,2-7H3/t24-,28-,30-,32+,33-,34-,35+,37-,38+/m0/s1. The molecule has 0 unspecified atom stereocenters. The van der Waals surface area contributed by atoms with Crippen LogP contribution in [0.15, 0.2) is 42.3 Å². The minimum Gasteiger partial charge on any atom is -0.462 e. The maximum Gasteiger partial charge on any atom is 0.334 e. The van der Waals surface area contributed by atoms with Crippen LogP contribution in [0.3, 0.4) is 0 Å². The number of ether oxygens (including phenoxy) is 2. The third-order valence-electron chi connectivity index (χ3n) is 12.8. The highest BCUT2D eigenvalue weighted by molar-refractivity contribution is 5.99. The quantitative estimate of drug-likeness (QED) is 0.221. The van der Waals surface area contributed by atoms with Crippen LogP contribution in [0.25, 0.3) is 5.57 Å². The maximum atomic E-state index is 13.5. The topological polar surface area (TPSA) is 70.4 Å². The Kier molecular flexibility index (Phi) is 8.51. The van der Waals surface area contributed by atoms with Crippen LogP contribution < -0.4 is 0 Å². The molecule has 5 aliphatic rings. The first kappa shape index (κ1) is 31.4. The molecule has 2 heterocycles. The van der Waals surface area contributed by atoms with Crippen molar-refractivity contribution >= 4 is 17.5 Å². The second-order valence-corrected chi connectivity index (χ2v) is 15.8. The van der Waals surface area contributed by atoms with Crippen molar-refractivity contribution in [1.82, 2.24) is 9.78 Å². The Morgan fingerprint density at radius 2 is 1.95 bits per heavy atom. The molecule has 3 saturated carbocycles. The number of aromatic nitrogens is 2. The van der Waals surface area contributed by atoms with Gasteiger partial charge in [0.15, 0.2) is 0 Å². The summed E-state index contributed by atoms with van der Waals surface area (Å²) in [5.74, 6) is 3.12. The molecule has 0 spiro atoms. The lowest BCUT2D eigenvalue weighted by molar-refractivity contribution is -0.151. The molecule has 6 rings (SSSR count). The van der Waals surface area contributed by atoms with E-state index in [1.807, 2.05) is 17.0 Å². The number of rotatable bonds is 8. The van der Waals surface area contributed by atoms with Crippen LogP contribution >= 0.6 is 0 Å². The van der Waals surface area contributed by atoms with Crippen LogP contribution in [-0.2, 0) is 25.6 Å². The highest BCUT2D eigenvalue weighted by atomic mass is 16.5. The van der Waals surface area contributed by atoms with E-state index in [0.717, 1.165) is 55.4 Å². The fourth-order valence-electron chi connectivity index (χ4n) is 10.8. The summed E-state index contributed by atoms with van der Waals surface area (Å²) in [6.07, 6.45) is 18.8. The summed E-state index contributed by atoms with van der Waals surface area (Å²) in [5.41, 5.74) is 4.92. The number of hydrogen-bond acceptors (Lipinski definition) is 5. The molecule has 4 aliphatic carbocycles. The Balaban J connectivity index is 1.21. The predicted octanol–water partition coefficient (Wildman–Crippen LogP) is 8.33. The fourth-order valence-corrected chi connectivity index (χ4v) is 10.8. The average Bonchev–Trinajstić information content (AvgIpc) is 3.57. The van der Waals surface area contributed by atoms with Gasteiger partial charge in [-0.1, -0.05) is 52.3 Å². The number of hydrogen-bond donors (Lipinski definition) is 0. The molecule has 0 bridgehead atoms. The second-order valence-electron chi connectivity index (χ2n) is 15.8. The van der Waals surface area contributed by atoms with Gasteiger partial charge in [-0.2, -0.15) is 5.10 Å². The first-order valence-electron chi connectivity index (χ1n) is 17.4. The smallest absolute Gasteiger partial charge is 0.334 e. The molecule has 3 fully saturated rings. The van der Waals surface area contributed by atoms with E-state index in [-0.39, 0.29) is 35.0 Å². The summed E-state index contributed by atoms with van der Waals surface area (Å²) in [5, 5.41) is 4.63. The van der Waals surface area contributed by atoms with Gasteiger partial charge in [0, 0.05) is 43.6 Å². The van der Waals surface area contributed by atoms with E-state index in [1.54, 1.807) is 5.57 Å². The third kappa shape index (κ3) is 5.42. The van der Waals surface area contributed by atoms with E-state index in [1.165, 1.54) is 32.6 Å². The van der Waals surface area contributed by atoms with Gasteiger partial charge in [0.2, 0.25) is 0 Å². The zero-order chi connectivity index (χ0) is 31.4. The zero-order valence-corrected chi connectivity index (χ0v) is 27.9. The molecule has 1 aromatic rings. The van der Waals surface area contributed by atoms with Crippen molar-refractivity contribution in [3.05, 3.63) is 47.8 Å². The fraction of sp³-hybridized carbons (Fsp3) is 0.711. The van der Waals surface area contributed by atoms with Gasteiger partial charge in [0.1, 0.15) is 12.2 Å². The Morgan fingerprint density at radius 1 is 1.16 bits per heavy atom. The van der Waals surface area contributed by atoms with Gasteiger partial charge in [-0.15, -0.1) is 6.58 Å². The molecule has 0 saturated heterocycles. The van der Waals surface area contributed by atoms with Crippen molar-refractivity contribution in [3.8, 4) is 0 Å². The molecule has 0 N–H and O–H groups in total. The Hall–Kier alpha value is -2.63. The lowest BCUT2D eigenvalue weighted by Crippen LogP contribution is -2.51. The number of cyclic esters (lactones) is 1. The normalized spacial score (nSPS) is 37.4. The number of allylic oxidation sites excluding steroid dienone is 2. The van der Waals surface area contributed by atoms with Crippen LogP contribution in [0.4, 0.5) is 0 Å². The highest BCUT2D eigenvalue weighted by Crippen LogP contribution is 2.67. The minimum atomic E-state index is -0.176. The number of esters is 2. The van der Waals surface area contributed by atoms with Crippen molar-refractivity contribution in [2.75, 3.05) is 0 Å². The van der Waals surface area contributed by atoms with Crippen molar-refractivity contribution in [2.24, 2.45) is 46.3 Å². The molecular formula is C38H54N2O4. The van der Waals surface area contributed by atoms with E-state index < -0.39 is 0 Å². The largest absolute Gasteiger partial charge is 0.462 e. The van der Waals surface area contributed by atoms with E-state index in [4.69, 9.17) is 9.47 Å². The van der Waals surface area contributed by atoms with E-state index in [2.05, 4.69) is 58.6 Å². The van der Waals surface area contributed by atoms with E-state index in [0.29, 0.717) is 41.9 Å². The molecular weight excluding hydrogens is 548 g/mol. The molecule has 6 heteroatoms. The van der Waals surface area contributed by atoms with Gasteiger partial charge in [0.05, 0.1) is 6.20 Å². The molecule has 0 amide bonds. The summed E-state index contributed by atoms with van der Waals surface area (Å²) in [6, 6.07) is 0. The minimum absolute atomic E-state index is 0.0441. The van der Waals surface area contributed by atoms with Crippen LogP contribution in [0.5, 0.6) is 0 Å². The van der Waals surface area contributed by atoms with Crippen LogP contribution in [-0.4, -0.2) is 33.9 Å². The summed E-state index contributed by atoms with van der Waals surface area (Å²) in [4.78, 5) is 25.1. The summed E-state index contributed by atoms with van der Waals surface area (Å²) in [7, 11) is 0. The van der Waals surface area contributed by atoms with Crippen molar-refractivity contribution in [1.29, 1.82) is 0 Å². The lowest BCUT2D eigenvalue weighted by atomic mass is 9.47. The van der Waals surface area contributed by atoms with Crippen molar-refractivity contribution in [3.63, 3.8) is 0 Å². The van der Waals surface area contributed by atoms with E-state index in [9.17, 15) is 9.59 Å². The van der Waals surface area contributed by atoms with Gasteiger partial charge in [-0.05, 0) is 103 Å². The molecule has 0 aromatic carbocycles. The summed E-state index contributed by atoms with van der Waals surface area (Å²) < 4.78 is 13.9. The number of carbonyl (C=O) groups is 2. The van der Waals surface area contributed by atoms with Crippen molar-refractivity contribution < 1.29 is 19.1 Å². The molecule has 0 radical (unpaired) electrons. The first-order chi connectivity index (χ1) is 20.9. The van der Waals surface area contributed by atoms with Gasteiger partial charge < -0.3 is 9.47 Å². The highest BCUT2D eigenvalue weighted by Gasteiger charge is 2.60. The zero-order valence-electron chi connectivity index (χ0n) is 27.9. The maximum absolute atomic E-state index is 13.5. The van der Waals surface area contributed by atoms with Gasteiger partial charge in [0.25, 0.3) is 0 Å². The van der Waals surface area contributed by atoms with E-state index >= 15 is 0 Å². The Morgan fingerprint density at radius 3 is 2.68 bits per heavy atom. The molecule has 9 atom stereocenters. The van der Waals surface area contributed by atoms with Gasteiger partial charge >= 0.3 is 11.9 Å². The number of fused-ring (bicyclic) bond motifs is 5. The number of carbonyl (C=O) groups excluding carboxylic acids is 2. The Bertz CT molecular complexity index is 1350. The van der Waals surface area contributed by atoms with Crippen LogP contribution in [0.2, 0.25) is 0 Å². The number of nitrogens with zero attached hydrogens (tertiary/aromatic N) is 2. The summed E-state index contributed by atoms with van der Waals surface area (Å²) in [6.45, 7) is 18.2. The second kappa shape index (κ2) is 11.9. The summed E-state index contributed by atoms with van der Waals surface area (Å²) >= 11 is 0. The average molecular weight is 603 g/mol. The molecule has 240 valence electrons. The van der Waals surface area contributed by atoms with Crippen molar-refractivity contribution in [2.45, 2.75) is 125 Å². The van der Waals surface area contributed by atoms with Crippen LogP contribution in [0, 0.1) is 46.3 Å². The third-order valence-corrected chi connectivity index (χ3v) is 12.8. The lowest BCUT2D eigenvalue weighted by Gasteiger charge is -2.58. The van der Waals surface area contributed by atoms with Gasteiger partial charge in [-0.3, -0.25) is 9.48 Å². The monoisotopic (exact) mass is 602 g/mol. The molecule has 1 aliphatic heterocycles. The van der Waals surface area contributed by atoms with Crippen LogP contribution in [0.1, 0.15) is 111 Å². The predicted molar refractivity (Wildman–Crippen MR) is 173 cm³/mol. The molecule has 1 aromatic heterocycles.